The van der Waals surface area contributed by atoms with Gasteiger partial charge in [-0.2, -0.15) is 5.10 Å². The Morgan fingerprint density at radius 3 is 3.00 bits per heavy atom. The predicted molar refractivity (Wildman–Crippen MR) is 75.2 cm³/mol. The third-order valence-electron chi connectivity index (χ3n) is 4.33. The SMILES string of the molecule is O=C(C[C@H]1CCCO1)N1CCCC[C@@H]1Cn1cccn1. The number of likely N-dealkylation sites (tertiary alicyclic amines) is 1. The Kier molecular flexibility index (Phi) is 4.35. The Labute approximate surface area is 119 Å². The largest absolute Gasteiger partial charge is 0.378 e. The molecule has 5 heteroatoms. The average Bonchev–Trinajstić information content (AvgIpc) is 3.13. The fourth-order valence-corrected chi connectivity index (χ4v) is 3.26. The van der Waals surface area contributed by atoms with Gasteiger partial charge in [0.25, 0.3) is 0 Å². The summed E-state index contributed by atoms with van der Waals surface area (Å²) in [7, 11) is 0. The van der Waals surface area contributed by atoms with E-state index in [4.69, 9.17) is 4.74 Å². The fourth-order valence-electron chi connectivity index (χ4n) is 3.26. The topological polar surface area (TPSA) is 47.4 Å². The minimum atomic E-state index is 0.148. The maximum Gasteiger partial charge on any atom is 0.225 e. The van der Waals surface area contributed by atoms with Crippen LogP contribution in [0.25, 0.3) is 0 Å². The van der Waals surface area contributed by atoms with Crippen LogP contribution in [0.3, 0.4) is 0 Å². The summed E-state index contributed by atoms with van der Waals surface area (Å²) in [5.41, 5.74) is 0. The molecule has 2 fully saturated rings. The minimum Gasteiger partial charge on any atom is -0.378 e. The molecule has 0 aliphatic carbocycles. The number of aromatic nitrogens is 2. The van der Waals surface area contributed by atoms with Crippen molar-refractivity contribution in [3.63, 3.8) is 0 Å². The molecule has 0 aromatic carbocycles. The molecule has 2 aliphatic heterocycles. The van der Waals surface area contributed by atoms with E-state index in [0.29, 0.717) is 6.42 Å². The summed E-state index contributed by atoms with van der Waals surface area (Å²) < 4.78 is 7.52. The highest BCUT2D eigenvalue weighted by Gasteiger charge is 2.29. The van der Waals surface area contributed by atoms with Crippen LogP contribution in [0, 0.1) is 0 Å². The molecule has 0 saturated carbocycles. The lowest BCUT2D eigenvalue weighted by Crippen LogP contribution is -2.46. The van der Waals surface area contributed by atoms with E-state index in [9.17, 15) is 4.79 Å². The lowest BCUT2D eigenvalue weighted by Gasteiger charge is -2.36. The molecular formula is C15H23N3O2. The van der Waals surface area contributed by atoms with E-state index in [2.05, 4.69) is 10.00 Å². The van der Waals surface area contributed by atoms with Gasteiger partial charge in [0.1, 0.15) is 0 Å². The zero-order chi connectivity index (χ0) is 13.8. The van der Waals surface area contributed by atoms with Gasteiger partial charge in [0.15, 0.2) is 0 Å². The van der Waals surface area contributed by atoms with Crippen LogP contribution in [0.2, 0.25) is 0 Å². The highest BCUT2D eigenvalue weighted by atomic mass is 16.5. The second-order valence-corrected chi connectivity index (χ2v) is 5.80. The zero-order valence-corrected chi connectivity index (χ0v) is 11.9. The van der Waals surface area contributed by atoms with Gasteiger partial charge in [0.05, 0.1) is 25.1 Å². The maximum atomic E-state index is 12.5. The second-order valence-electron chi connectivity index (χ2n) is 5.80. The molecule has 20 heavy (non-hydrogen) atoms. The van der Waals surface area contributed by atoms with Crippen molar-refractivity contribution in [2.75, 3.05) is 13.2 Å². The summed E-state index contributed by atoms with van der Waals surface area (Å²) in [4.78, 5) is 14.6. The number of rotatable bonds is 4. The van der Waals surface area contributed by atoms with Crippen molar-refractivity contribution < 1.29 is 9.53 Å². The molecule has 0 spiro atoms. The molecule has 2 saturated heterocycles. The zero-order valence-electron chi connectivity index (χ0n) is 11.9. The number of carbonyl (C=O) groups excluding carboxylic acids is 1. The third-order valence-corrected chi connectivity index (χ3v) is 4.33. The lowest BCUT2D eigenvalue weighted by atomic mass is 10.0. The van der Waals surface area contributed by atoms with Crippen molar-refractivity contribution >= 4 is 5.91 Å². The Morgan fingerprint density at radius 2 is 2.25 bits per heavy atom. The Hall–Kier alpha value is -1.36. The van der Waals surface area contributed by atoms with Crippen molar-refractivity contribution in [3.05, 3.63) is 18.5 Å². The first-order valence-electron chi connectivity index (χ1n) is 7.71. The number of ether oxygens (including phenoxy) is 1. The number of piperidine rings is 1. The monoisotopic (exact) mass is 277 g/mol. The Balaban J connectivity index is 1.60. The number of hydrogen-bond donors (Lipinski definition) is 0. The molecule has 5 nitrogen and oxygen atoms in total. The van der Waals surface area contributed by atoms with Gasteiger partial charge < -0.3 is 9.64 Å². The van der Waals surface area contributed by atoms with Gasteiger partial charge in [-0.1, -0.05) is 0 Å². The first-order chi connectivity index (χ1) is 9.83. The summed E-state index contributed by atoms with van der Waals surface area (Å²) in [5.74, 6) is 0.258. The third kappa shape index (κ3) is 3.20. The second kappa shape index (κ2) is 6.39. The number of carbonyl (C=O) groups is 1. The van der Waals surface area contributed by atoms with Gasteiger partial charge in [-0.05, 0) is 38.2 Å². The molecule has 0 radical (unpaired) electrons. The molecule has 110 valence electrons. The van der Waals surface area contributed by atoms with Crippen LogP contribution < -0.4 is 0 Å². The quantitative estimate of drug-likeness (QED) is 0.843. The van der Waals surface area contributed by atoms with Crippen LogP contribution in [0.1, 0.15) is 38.5 Å². The van der Waals surface area contributed by atoms with Crippen LogP contribution in [0.5, 0.6) is 0 Å². The Bertz CT molecular complexity index is 426. The van der Waals surface area contributed by atoms with E-state index in [-0.39, 0.29) is 18.1 Å². The average molecular weight is 277 g/mol. The van der Waals surface area contributed by atoms with Crippen LogP contribution in [0.15, 0.2) is 18.5 Å². The van der Waals surface area contributed by atoms with E-state index >= 15 is 0 Å². The molecule has 0 N–H and O–H groups in total. The Morgan fingerprint density at radius 1 is 1.30 bits per heavy atom. The lowest BCUT2D eigenvalue weighted by molar-refractivity contribution is -0.137. The predicted octanol–water partition coefficient (Wildman–Crippen LogP) is 1.83. The molecule has 0 bridgehead atoms. The van der Waals surface area contributed by atoms with E-state index in [0.717, 1.165) is 45.4 Å². The summed E-state index contributed by atoms with van der Waals surface area (Å²) in [5, 5.41) is 4.26. The summed E-state index contributed by atoms with van der Waals surface area (Å²) >= 11 is 0. The van der Waals surface area contributed by atoms with Crippen LogP contribution in [0.4, 0.5) is 0 Å². The molecule has 3 heterocycles. The maximum absolute atomic E-state index is 12.5. The van der Waals surface area contributed by atoms with Crippen molar-refractivity contribution in [1.29, 1.82) is 0 Å². The van der Waals surface area contributed by atoms with Gasteiger partial charge in [0, 0.05) is 25.5 Å². The van der Waals surface area contributed by atoms with Gasteiger partial charge in [-0.3, -0.25) is 9.48 Å². The normalized spacial score (nSPS) is 26.9. The van der Waals surface area contributed by atoms with Gasteiger partial charge in [-0.25, -0.2) is 0 Å². The number of hydrogen-bond acceptors (Lipinski definition) is 3. The van der Waals surface area contributed by atoms with Crippen molar-refractivity contribution in [2.24, 2.45) is 0 Å². The van der Waals surface area contributed by atoms with Crippen LogP contribution >= 0.6 is 0 Å². The van der Waals surface area contributed by atoms with Gasteiger partial charge >= 0.3 is 0 Å². The molecule has 2 atom stereocenters. The van der Waals surface area contributed by atoms with Crippen molar-refractivity contribution in [2.45, 2.75) is 57.2 Å². The number of amides is 1. The van der Waals surface area contributed by atoms with Gasteiger partial charge in [0.2, 0.25) is 5.91 Å². The fraction of sp³-hybridized carbons (Fsp3) is 0.733. The minimum absolute atomic E-state index is 0.148. The standard InChI is InChI=1S/C15H23N3O2/c19-15(11-14-6-3-10-20-14)18-9-2-1-5-13(18)12-17-8-4-7-16-17/h4,7-8,13-14H,1-3,5-6,9-12H2/t13-,14-/m1/s1. The summed E-state index contributed by atoms with van der Waals surface area (Å²) in [6, 6.07) is 2.22. The van der Waals surface area contributed by atoms with Crippen molar-refractivity contribution in [3.8, 4) is 0 Å². The molecule has 2 aliphatic rings. The summed E-state index contributed by atoms with van der Waals surface area (Å²) in [6.45, 7) is 2.51. The smallest absolute Gasteiger partial charge is 0.225 e. The highest BCUT2D eigenvalue weighted by molar-refractivity contribution is 5.77. The van der Waals surface area contributed by atoms with Crippen LogP contribution in [-0.2, 0) is 16.1 Å². The first-order valence-corrected chi connectivity index (χ1v) is 7.71. The molecular weight excluding hydrogens is 254 g/mol. The molecule has 1 aromatic rings. The summed E-state index contributed by atoms with van der Waals surface area (Å²) in [6.07, 6.45) is 9.99. The molecule has 0 unspecified atom stereocenters. The number of nitrogens with zero attached hydrogens (tertiary/aromatic N) is 3. The van der Waals surface area contributed by atoms with E-state index < -0.39 is 0 Å². The molecule has 1 amide bonds. The van der Waals surface area contributed by atoms with Crippen LogP contribution in [-0.4, -0.2) is 45.9 Å². The van der Waals surface area contributed by atoms with Crippen molar-refractivity contribution in [1.82, 2.24) is 14.7 Å². The van der Waals surface area contributed by atoms with E-state index in [1.165, 1.54) is 6.42 Å². The van der Waals surface area contributed by atoms with E-state index in [1.54, 1.807) is 6.20 Å². The molecule has 1 aromatic heterocycles. The van der Waals surface area contributed by atoms with E-state index in [1.807, 2.05) is 16.9 Å². The highest BCUT2D eigenvalue weighted by Crippen LogP contribution is 2.22. The first kappa shape index (κ1) is 13.6. The molecule has 3 rings (SSSR count). The van der Waals surface area contributed by atoms with Gasteiger partial charge in [-0.15, -0.1) is 0 Å².